The van der Waals surface area contributed by atoms with Gasteiger partial charge in [-0.15, -0.1) is 0 Å². The number of pyridine rings is 1. The molecule has 3 aromatic rings. The van der Waals surface area contributed by atoms with E-state index in [0.29, 0.717) is 26.1 Å². The normalized spacial score (nSPS) is 22.2. The zero-order valence-electron chi connectivity index (χ0n) is 20.4. The number of piperidine rings is 1. The van der Waals surface area contributed by atoms with Gasteiger partial charge in [0.25, 0.3) is 0 Å². The molecule has 0 spiro atoms. The quantitative estimate of drug-likeness (QED) is 0.465. The first-order valence-electron chi connectivity index (χ1n) is 12.5. The Balaban J connectivity index is 1.17. The summed E-state index contributed by atoms with van der Waals surface area (Å²) >= 11 is 0. The molecule has 2 bridgehead atoms. The van der Waals surface area contributed by atoms with E-state index in [9.17, 15) is 14.0 Å². The molecule has 2 aromatic carbocycles. The third-order valence-corrected chi connectivity index (χ3v) is 7.71. The summed E-state index contributed by atoms with van der Waals surface area (Å²) in [5, 5.41) is 0. The summed E-state index contributed by atoms with van der Waals surface area (Å²) in [4.78, 5) is 32.3. The fraction of sp³-hybridized carbons (Fsp3) is 0.345. The van der Waals surface area contributed by atoms with E-state index in [-0.39, 0.29) is 41.8 Å². The van der Waals surface area contributed by atoms with Crippen molar-refractivity contribution in [3.05, 3.63) is 83.3 Å². The highest BCUT2D eigenvalue weighted by atomic mass is 19.1. The summed E-state index contributed by atoms with van der Waals surface area (Å²) in [7, 11) is 1.40. The van der Waals surface area contributed by atoms with E-state index in [0.717, 1.165) is 17.3 Å². The monoisotopic (exact) mass is 502 g/mol. The predicted octanol–water partition coefficient (Wildman–Crippen LogP) is 4.84. The number of benzene rings is 2. The Hall–Kier alpha value is -3.78. The lowest BCUT2D eigenvalue weighted by Gasteiger charge is -2.47. The van der Waals surface area contributed by atoms with E-state index >= 15 is 0 Å². The number of Topliss-reactive ketones (excluding diaryl/α,β-unsaturated/α-hetero) is 1. The molecule has 0 N–H and O–H groups in total. The Kier molecular flexibility index (Phi) is 6.12. The number of rotatable bonds is 5. The van der Waals surface area contributed by atoms with Crippen molar-refractivity contribution in [1.29, 1.82) is 0 Å². The van der Waals surface area contributed by atoms with E-state index in [2.05, 4.69) is 29.2 Å². The van der Waals surface area contributed by atoms with Crippen LogP contribution < -0.4 is 4.74 Å². The molecule has 0 saturated carbocycles. The maximum absolute atomic E-state index is 13.8. The molecule has 8 heteroatoms. The van der Waals surface area contributed by atoms with E-state index in [1.807, 2.05) is 24.3 Å². The summed E-state index contributed by atoms with van der Waals surface area (Å²) in [6.07, 6.45) is 1.44. The molecule has 0 radical (unpaired) electrons. The lowest BCUT2D eigenvalue weighted by Crippen LogP contribution is -2.60. The Morgan fingerprint density at radius 3 is 2.27 bits per heavy atom. The molecule has 1 amide bonds. The fourth-order valence-electron chi connectivity index (χ4n) is 6.08. The van der Waals surface area contributed by atoms with Gasteiger partial charge >= 0.3 is 6.09 Å². The molecular formula is C29H27FN2O5. The molecule has 6 rings (SSSR count). The maximum Gasteiger partial charge on any atom is 0.410 e. The Labute approximate surface area is 214 Å². The minimum atomic E-state index is -0.594. The number of carbonyl (C=O) groups is 2. The molecule has 7 nitrogen and oxygen atoms in total. The highest BCUT2D eigenvalue weighted by Gasteiger charge is 2.45. The van der Waals surface area contributed by atoms with Crippen molar-refractivity contribution < 1.29 is 28.2 Å². The lowest BCUT2D eigenvalue weighted by molar-refractivity contribution is -0.0748. The molecule has 2 atom stereocenters. The van der Waals surface area contributed by atoms with Gasteiger partial charge in [0.05, 0.1) is 44.2 Å². The average molecular weight is 503 g/mol. The van der Waals surface area contributed by atoms with Gasteiger partial charge in [0, 0.05) is 11.8 Å². The third-order valence-electron chi connectivity index (χ3n) is 7.71. The van der Waals surface area contributed by atoms with Gasteiger partial charge < -0.3 is 14.2 Å². The van der Waals surface area contributed by atoms with Gasteiger partial charge in [0.2, 0.25) is 5.88 Å². The van der Waals surface area contributed by atoms with E-state index in [1.54, 1.807) is 4.90 Å². The second kappa shape index (κ2) is 9.59. The Morgan fingerprint density at radius 1 is 1.03 bits per heavy atom. The van der Waals surface area contributed by atoms with Gasteiger partial charge in [0.1, 0.15) is 12.4 Å². The summed E-state index contributed by atoms with van der Waals surface area (Å²) < 4.78 is 30.7. The van der Waals surface area contributed by atoms with Crippen LogP contribution in [0.2, 0.25) is 0 Å². The van der Waals surface area contributed by atoms with Crippen molar-refractivity contribution in [2.75, 3.05) is 26.9 Å². The average Bonchev–Trinajstić information content (AvgIpc) is 3.24. The van der Waals surface area contributed by atoms with Gasteiger partial charge in [-0.3, -0.25) is 9.69 Å². The van der Waals surface area contributed by atoms with Crippen LogP contribution in [0.15, 0.2) is 60.8 Å². The molecule has 2 fully saturated rings. The largest absolute Gasteiger partial charge is 0.480 e. The summed E-state index contributed by atoms with van der Waals surface area (Å²) in [5.74, 6) is -1.14. The number of methoxy groups -OCH3 is 1. The number of aromatic nitrogens is 1. The van der Waals surface area contributed by atoms with Crippen molar-refractivity contribution in [2.45, 2.75) is 30.8 Å². The first-order valence-corrected chi connectivity index (χ1v) is 12.5. The first-order chi connectivity index (χ1) is 18.0. The molecule has 3 heterocycles. The van der Waals surface area contributed by atoms with Crippen LogP contribution in [0, 0.1) is 11.7 Å². The predicted molar refractivity (Wildman–Crippen MR) is 133 cm³/mol. The number of morpholine rings is 1. The third kappa shape index (κ3) is 4.15. The standard InChI is InChI=1S/C29H27FN2O5/c1-35-28-25(12-18(30)13-31-28)27(33)17-10-19-14-36-15-20(11-17)32(19)29(34)37-16-26-23-8-4-2-6-21(23)22-7-3-5-9-24(22)26/h2-9,12-13,17,19-20,26H,10-11,14-16H2,1H3. The molecule has 3 aliphatic rings. The van der Waals surface area contributed by atoms with Crippen molar-refractivity contribution in [3.8, 4) is 17.0 Å². The number of amides is 1. The first kappa shape index (κ1) is 23.6. The van der Waals surface area contributed by atoms with Crippen LogP contribution in [0.1, 0.15) is 40.2 Å². The highest BCUT2D eigenvalue weighted by Crippen LogP contribution is 2.45. The number of nitrogens with zero attached hydrogens (tertiary/aromatic N) is 2. The lowest BCUT2D eigenvalue weighted by atomic mass is 9.81. The number of halogens is 1. The molecule has 190 valence electrons. The molecule has 2 saturated heterocycles. The van der Waals surface area contributed by atoms with Gasteiger partial charge in [-0.05, 0) is 41.2 Å². The molecular weight excluding hydrogens is 475 g/mol. The van der Waals surface area contributed by atoms with Crippen LogP contribution in [0.4, 0.5) is 9.18 Å². The number of hydrogen-bond acceptors (Lipinski definition) is 6. The van der Waals surface area contributed by atoms with Gasteiger partial charge in [0.15, 0.2) is 5.78 Å². The number of hydrogen-bond donors (Lipinski definition) is 0. The Morgan fingerprint density at radius 2 is 1.65 bits per heavy atom. The van der Waals surface area contributed by atoms with Crippen LogP contribution in [0.25, 0.3) is 11.1 Å². The van der Waals surface area contributed by atoms with E-state index in [4.69, 9.17) is 14.2 Å². The minimum Gasteiger partial charge on any atom is -0.480 e. The van der Waals surface area contributed by atoms with Crippen LogP contribution in [-0.2, 0) is 9.47 Å². The van der Waals surface area contributed by atoms with Crippen molar-refractivity contribution in [2.24, 2.45) is 5.92 Å². The van der Waals surface area contributed by atoms with Crippen LogP contribution in [0.3, 0.4) is 0 Å². The fourth-order valence-corrected chi connectivity index (χ4v) is 6.08. The minimum absolute atomic E-state index is 0.0282. The van der Waals surface area contributed by atoms with Crippen molar-refractivity contribution in [1.82, 2.24) is 9.88 Å². The zero-order valence-corrected chi connectivity index (χ0v) is 20.4. The van der Waals surface area contributed by atoms with Crippen molar-refractivity contribution >= 4 is 11.9 Å². The second-order valence-electron chi connectivity index (χ2n) is 9.80. The van der Waals surface area contributed by atoms with E-state index < -0.39 is 17.8 Å². The van der Waals surface area contributed by atoms with Gasteiger partial charge in [-0.2, -0.15) is 0 Å². The SMILES string of the molecule is COc1ncc(F)cc1C(=O)C1CC2COCC(C1)N2C(=O)OCC1c2ccccc2-c2ccccc21. The summed E-state index contributed by atoms with van der Waals surface area (Å²) in [6, 6.07) is 17.0. The molecule has 1 aliphatic carbocycles. The number of ketones is 1. The molecule has 2 unspecified atom stereocenters. The second-order valence-corrected chi connectivity index (χ2v) is 9.80. The highest BCUT2D eigenvalue weighted by molar-refractivity contribution is 6.00. The van der Waals surface area contributed by atoms with Crippen LogP contribution >= 0.6 is 0 Å². The number of fused-ring (bicyclic) bond motifs is 5. The number of carbonyl (C=O) groups excluding carboxylic acids is 2. The molecule has 2 aliphatic heterocycles. The van der Waals surface area contributed by atoms with Crippen LogP contribution in [0.5, 0.6) is 5.88 Å². The summed E-state index contributed by atoms with van der Waals surface area (Å²) in [5.41, 5.74) is 4.78. The molecule has 37 heavy (non-hydrogen) atoms. The topological polar surface area (TPSA) is 78.0 Å². The van der Waals surface area contributed by atoms with E-state index in [1.165, 1.54) is 24.3 Å². The van der Waals surface area contributed by atoms with Crippen molar-refractivity contribution in [3.63, 3.8) is 0 Å². The van der Waals surface area contributed by atoms with Crippen LogP contribution in [-0.4, -0.2) is 60.8 Å². The smallest absolute Gasteiger partial charge is 0.410 e. The summed E-state index contributed by atoms with van der Waals surface area (Å²) in [6.45, 7) is 0.879. The number of ether oxygens (including phenoxy) is 3. The zero-order chi connectivity index (χ0) is 25.5. The van der Waals surface area contributed by atoms with Gasteiger partial charge in [-0.25, -0.2) is 14.2 Å². The maximum atomic E-state index is 13.8. The van der Waals surface area contributed by atoms with Gasteiger partial charge in [-0.1, -0.05) is 48.5 Å². The molecule has 1 aromatic heterocycles. The Bertz CT molecular complexity index is 1300.